The summed E-state index contributed by atoms with van der Waals surface area (Å²) in [5.74, 6) is 1.44. The van der Waals surface area contributed by atoms with E-state index in [1.165, 1.54) is 11.1 Å². The zero-order valence-electron chi connectivity index (χ0n) is 13.6. The summed E-state index contributed by atoms with van der Waals surface area (Å²) < 4.78 is 10.5. The Morgan fingerprint density at radius 1 is 0.909 bits per heavy atom. The molecule has 0 spiro atoms. The van der Waals surface area contributed by atoms with Crippen LogP contribution in [-0.2, 0) is 11.3 Å². The predicted molar refractivity (Wildman–Crippen MR) is 91.7 cm³/mol. The van der Waals surface area contributed by atoms with E-state index in [2.05, 4.69) is 43.4 Å². The van der Waals surface area contributed by atoms with Crippen LogP contribution < -0.4 is 10.1 Å². The molecule has 0 atom stereocenters. The van der Waals surface area contributed by atoms with Gasteiger partial charge >= 0.3 is 0 Å². The van der Waals surface area contributed by atoms with Gasteiger partial charge in [-0.2, -0.15) is 0 Å². The normalized spacial score (nSPS) is 10.7. The molecule has 0 aliphatic rings. The van der Waals surface area contributed by atoms with Crippen LogP contribution in [0.2, 0.25) is 0 Å². The minimum atomic E-state index is 0.575. The van der Waals surface area contributed by atoms with E-state index in [9.17, 15) is 0 Å². The lowest BCUT2D eigenvalue weighted by Crippen LogP contribution is -2.04. The maximum atomic E-state index is 5.55. The molecule has 0 saturated heterocycles. The SMILES string of the molecule is COCCOc1ccc(NCc2ccc(C(C)C)cc2)cc1. The van der Waals surface area contributed by atoms with E-state index in [4.69, 9.17) is 9.47 Å². The standard InChI is InChI=1S/C19H25NO2/c1-15(2)17-6-4-16(5-7-17)14-20-18-8-10-19(11-9-18)22-13-12-21-3/h4-11,15,20H,12-14H2,1-3H3. The van der Waals surface area contributed by atoms with Crippen molar-refractivity contribution in [1.29, 1.82) is 0 Å². The number of rotatable bonds is 8. The van der Waals surface area contributed by atoms with Crippen molar-refractivity contribution in [2.75, 3.05) is 25.6 Å². The Morgan fingerprint density at radius 2 is 1.59 bits per heavy atom. The quantitative estimate of drug-likeness (QED) is 0.731. The highest BCUT2D eigenvalue weighted by Crippen LogP contribution is 2.18. The molecule has 0 radical (unpaired) electrons. The molecule has 2 rings (SSSR count). The fourth-order valence-electron chi connectivity index (χ4n) is 2.14. The zero-order chi connectivity index (χ0) is 15.8. The fourth-order valence-corrected chi connectivity index (χ4v) is 2.14. The Labute approximate surface area is 133 Å². The minimum absolute atomic E-state index is 0.575. The van der Waals surface area contributed by atoms with Crippen LogP contribution in [-0.4, -0.2) is 20.3 Å². The Hall–Kier alpha value is -2.00. The van der Waals surface area contributed by atoms with Gasteiger partial charge in [0, 0.05) is 19.3 Å². The highest BCUT2D eigenvalue weighted by atomic mass is 16.5. The maximum Gasteiger partial charge on any atom is 0.119 e. The van der Waals surface area contributed by atoms with Gasteiger partial charge in [0.1, 0.15) is 12.4 Å². The molecule has 2 aromatic carbocycles. The summed E-state index contributed by atoms with van der Waals surface area (Å²) >= 11 is 0. The summed E-state index contributed by atoms with van der Waals surface area (Å²) in [6.45, 7) is 6.42. The second-order valence-corrected chi connectivity index (χ2v) is 5.62. The first-order chi connectivity index (χ1) is 10.7. The van der Waals surface area contributed by atoms with Crippen molar-refractivity contribution in [3.63, 3.8) is 0 Å². The van der Waals surface area contributed by atoms with Crippen LogP contribution in [0.5, 0.6) is 5.75 Å². The molecule has 0 fully saturated rings. The number of anilines is 1. The minimum Gasteiger partial charge on any atom is -0.491 e. The number of benzene rings is 2. The molecule has 0 aromatic heterocycles. The second kappa shape index (κ2) is 8.44. The van der Waals surface area contributed by atoms with Gasteiger partial charge in [-0.1, -0.05) is 38.1 Å². The smallest absolute Gasteiger partial charge is 0.119 e. The number of hydrogen-bond acceptors (Lipinski definition) is 3. The summed E-state index contributed by atoms with van der Waals surface area (Å²) in [6, 6.07) is 16.8. The Balaban J connectivity index is 1.83. The van der Waals surface area contributed by atoms with Crippen molar-refractivity contribution in [2.24, 2.45) is 0 Å². The van der Waals surface area contributed by atoms with E-state index in [0.717, 1.165) is 18.0 Å². The summed E-state index contributed by atoms with van der Waals surface area (Å²) in [6.07, 6.45) is 0. The lowest BCUT2D eigenvalue weighted by molar-refractivity contribution is 0.146. The van der Waals surface area contributed by atoms with Gasteiger partial charge in [-0.05, 0) is 41.3 Å². The second-order valence-electron chi connectivity index (χ2n) is 5.62. The molecule has 0 amide bonds. The van der Waals surface area contributed by atoms with Gasteiger partial charge in [0.05, 0.1) is 6.61 Å². The summed E-state index contributed by atoms with van der Waals surface area (Å²) in [7, 11) is 1.67. The molecule has 118 valence electrons. The third-order valence-corrected chi connectivity index (χ3v) is 3.55. The molecular formula is C19H25NO2. The maximum absolute atomic E-state index is 5.55. The molecule has 1 N–H and O–H groups in total. The van der Waals surface area contributed by atoms with Gasteiger partial charge in [0.25, 0.3) is 0 Å². The van der Waals surface area contributed by atoms with Crippen LogP contribution >= 0.6 is 0 Å². The molecular weight excluding hydrogens is 274 g/mol. The summed E-state index contributed by atoms with van der Waals surface area (Å²) in [4.78, 5) is 0. The molecule has 0 aliphatic heterocycles. The highest BCUT2D eigenvalue weighted by Gasteiger charge is 2.00. The molecule has 2 aromatic rings. The molecule has 3 heteroatoms. The Kier molecular flexibility index (Phi) is 6.28. The molecule has 22 heavy (non-hydrogen) atoms. The molecule has 0 aliphatic carbocycles. The van der Waals surface area contributed by atoms with E-state index in [-0.39, 0.29) is 0 Å². The molecule has 3 nitrogen and oxygen atoms in total. The van der Waals surface area contributed by atoms with Crippen LogP contribution in [0.25, 0.3) is 0 Å². The van der Waals surface area contributed by atoms with Gasteiger partial charge in [-0.15, -0.1) is 0 Å². The first kappa shape index (κ1) is 16.4. The largest absolute Gasteiger partial charge is 0.491 e. The average molecular weight is 299 g/mol. The Morgan fingerprint density at radius 3 is 2.18 bits per heavy atom. The van der Waals surface area contributed by atoms with Crippen LogP contribution in [0.3, 0.4) is 0 Å². The summed E-state index contributed by atoms with van der Waals surface area (Å²) in [5.41, 5.74) is 3.75. The van der Waals surface area contributed by atoms with Crippen molar-refractivity contribution in [1.82, 2.24) is 0 Å². The third-order valence-electron chi connectivity index (χ3n) is 3.55. The number of ether oxygens (including phenoxy) is 2. The van der Waals surface area contributed by atoms with Crippen LogP contribution in [0.15, 0.2) is 48.5 Å². The first-order valence-electron chi connectivity index (χ1n) is 7.73. The lowest BCUT2D eigenvalue weighted by atomic mass is 10.0. The Bertz CT molecular complexity index is 547. The van der Waals surface area contributed by atoms with E-state index >= 15 is 0 Å². The molecule has 0 unspecified atom stereocenters. The van der Waals surface area contributed by atoms with Gasteiger partial charge in [-0.25, -0.2) is 0 Å². The number of hydrogen-bond donors (Lipinski definition) is 1. The van der Waals surface area contributed by atoms with E-state index in [1.807, 2.05) is 24.3 Å². The number of nitrogens with one attached hydrogen (secondary N) is 1. The highest BCUT2D eigenvalue weighted by molar-refractivity contribution is 5.46. The zero-order valence-corrected chi connectivity index (χ0v) is 13.6. The topological polar surface area (TPSA) is 30.5 Å². The predicted octanol–water partition coefficient (Wildman–Crippen LogP) is 4.45. The monoisotopic (exact) mass is 299 g/mol. The lowest BCUT2D eigenvalue weighted by Gasteiger charge is -2.10. The van der Waals surface area contributed by atoms with Gasteiger partial charge < -0.3 is 14.8 Å². The van der Waals surface area contributed by atoms with E-state index in [0.29, 0.717) is 19.1 Å². The average Bonchev–Trinajstić information content (AvgIpc) is 2.55. The van der Waals surface area contributed by atoms with Crippen molar-refractivity contribution in [3.8, 4) is 5.75 Å². The first-order valence-corrected chi connectivity index (χ1v) is 7.73. The van der Waals surface area contributed by atoms with Crippen LogP contribution in [0, 0.1) is 0 Å². The number of methoxy groups -OCH3 is 1. The van der Waals surface area contributed by atoms with Crippen LogP contribution in [0.1, 0.15) is 30.9 Å². The van der Waals surface area contributed by atoms with E-state index < -0.39 is 0 Å². The van der Waals surface area contributed by atoms with Crippen molar-refractivity contribution in [3.05, 3.63) is 59.7 Å². The van der Waals surface area contributed by atoms with Crippen molar-refractivity contribution >= 4 is 5.69 Å². The molecule has 0 saturated carbocycles. The molecule has 0 bridgehead atoms. The van der Waals surface area contributed by atoms with Crippen molar-refractivity contribution in [2.45, 2.75) is 26.3 Å². The third kappa shape index (κ3) is 5.08. The van der Waals surface area contributed by atoms with Gasteiger partial charge in [-0.3, -0.25) is 0 Å². The summed E-state index contributed by atoms with van der Waals surface area (Å²) in [5, 5.41) is 3.42. The van der Waals surface area contributed by atoms with E-state index in [1.54, 1.807) is 7.11 Å². The fraction of sp³-hybridized carbons (Fsp3) is 0.368. The van der Waals surface area contributed by atoms with Crippen LogP contribution in [0.4, 0.5) is 5.69 Å². The van der Waals surface area contributed by atoms with Crippen molar-refractivity contribution < 1.29 is 9.47 Å². The van der Waals surface area contributed by atoms with Gasteiger partial charge in [0.15, 0.2) is 0 Å². The van der Waals surface area contributed by atoms with Gasteiger partial charge in [0.2, 0.25) is 0 Å². The molecule has 0 heterocycles.